The zero-order valence-electron chi connectivity index (χ0n) is 41.2. The molecule has 6 heterocycles. The molecule has 0 unspecified atom stereocenters. The van der Waals surface area contributed by atoms with Gasteiger partial charge in [-0.15, -0.1) is 11.6 Å². The number of rotatable bonds is 0. The van der Waals surface area contributed by atoms with Crippen LogP contribution in [0.25, 0.3) is 32.7 Å². The number of aromatic amines is 2. The maximum absolute atomic E-state index is 11.9. The van der Waals surface area contributed by atoms with Crippen LogP contribution < -0.4 is 11.1 Å². The highest BCUT2D eigenvalue weighted by atomic mass is 35.5. The molecule has 2 fully saturated rings. The molecule has 370 valence electrons. The largest absolute Gasteiger partial charge is 0.443 e. The van der Waals surface area contributed by atoms with Crippen LogP contribution >= 0.6 is 11.6 Å². The third-order valence-electron chi connectivity index (χ3n) is 9.96. The number of nitrogens with one attached hydrogen (secondary N) is 3. The van der Waals surface area contributed by atoms with Crippen LogP contribution in [0, 0.1) is 10.1 Å². The average molecular weight is 956 g/mol. The molecule has 3 aliphatic rings. The number of nitrogens with two attached hydrogens (primary N) is 1. The molecular weight excluding hydrogens is 880 g/mol. The maximum atomic E-state index is 11.9. The van der Waals surface area contributed by atoms with E-state index in [1.807, 2.05) is 109 Å². The van der Waals surface area contributed by atoms with Gasteiger partial charge < -0.3 is 35.6 Å². The molecule has 2 amide bonds. The van der Waals surface area contributed by atoms with Crippen LogP contribution in [0.3, 0.4) is 0 Å². The molecule has 0 bridgehead atoms. The molecule has 0 spiro atoms. The fourth-order valence-corrected chi connectivity index (χ4v) is 6.67. The van der Waals surface area contributed by atoms with Crippen molar-refractivity contribution in [3.05, 3.63) is 150 Å². The first-order valence-corrected chi connectivity index (χ1v) is 23.5. The highest BCUT2D eigenvalue weighted by Gasteiger charge is 2.19. The lowest BCUT2D eigenvalue weighted by Gasteiger charge is -2.21. The number of para-hydroxylation sites is 4. The molecule has 0 aliphatic carbocycles. The summed E-state index contributed by atoms with van der Waals surface area (Å²) in [6, 6.07) is 38.7. The van der Waals surface area contributed by atoms with Crippen LogP contribution in [0.4, 0.5) is 10.5 Å². The Morgan fingerprint density at radius 1 is 0.721 bits per heavy atom. The smallest absolute Gasteiger partial charge is 0.418 e. The zero-order valence-corrected chi connectivity index (χ0v) is 41.9. The molecule has 0 saturated carbocycles. The van der Waals surface area contributed by atoms with Gasteiger partial charge in [-0.2, -0.15) is 0 Å². The van der Waals surface area contributed by atoms with Crippen molar-refractivity contribution in [2.24, 2.45) is 5.73 Å². The highest BCUT2D eigenvalue weighted by Crippen LogP contribution is 2.20. The lowest BCUT2D eigenvalue weighted by molar-refractivity contribution is -0.445. The fourth-order valence-electron chi connectivity index (χ4n) is 6.67. The van der Waals surface area contributed by atoms with Gasteiger partial charge in [0.15, 0.2) is 7.05 Å². The Bertz CT molecular complexity index is 2340. The van der Waals surface area contributed by atoms with E-state index in [4.69, 9.17) is 26.5 Å². The molecule has 4 aromatic carbocycles. The minimum absolute atomic E-state index is 0. The van der Waals surface area contributed by atoms with Crippen molar-refractivity contribution >= 4 is 67.9 Å². The van der Waals surface area contributed by atoms with Crippen LogP contribution in [0.5, 0.6) is 0 Å². The van der Waals surface area contributed by atoms with E-state index in [-0.39, 0.29) is 7.52 Å². The van der Waals surface area contributed by atoms with Crippen molar-refractivity contribution in [1.82, 2.24) is 24.3 Å². The number of nitrogens with zero attached hydrogens (tertiary/aromatic N) is 4. The van der Waals surface area contributed by atoms with Crippen molar-refractivity contribution in [1.29, 1.82) is 0 Å². The summed E-state index contributed by atoms with van der Waals surface area (Å²) >= 11 is 5.00. The van der Waals surface area contributed by atoms with Crippen molar-refractivity contribution in [3.8, 4) is 0 Å². The normalized spacial score (nSPS) is 13.2. The lowest BCUT2D eigenvalue weighted by Crippen LogP contribution is -2.31. The number of piperidine rings is 2. The quantitative estimate of drug-likeness (QED) is 0.0657. The second-order valence-electron chi connectivity index (χ2n) is 16.4. The highest BCUT2D eigenvalue weighted by molar-refractivity contribution is 6.17. The van der Waals surface area contributed by atoms with Gasteiger partial charge in [0.05, 0.1) is 5.52 Å². The topological polar surface area (TPSA) is 185 Å². The molecule has 0 atom stereocenters. The van der Waals surface area contributed by atoms with Crippen molar-refractivity contribution in [2.45, 2.75) is 78.2 Å². The van der Waals surface area contributed by atoms with E-state index in [0.29, 0.717) is 11.8 Å². The number of H-pyrrole nitrogens is 2. The number of anilines is 1. The van der Waals surface area contributed by atoms with Gasteiger partial charge in [-0.3, -0.25) is 24.3 Å². The van der Waals surface area contributed by atoms with E-state index in [1.54, 1.807) is 16.0 Å². The summed E-state index contributed by atoms with van der Waals surface area (Å²) in [6.07, 6.45) is 12.5. The Labute approximate surface area is 408 Å². The van der Waals surface area contributed by atoms with Gasteiger partial charge in [-0.05, 0) is 119 Å². The Kier molecular flexibility index (Phi) is 27.2. The molecule has 15 heteroatoms. The van der Waals surface area contributed by atoms with Crippen LogP contribution in [0.1, 0.15) is 73.2 Å². The second-order valence-corrected chi connectivity index (χ2v) is 17.0. The first-order chi connectivity index (χ1) is 32.6. The van der Waals surface area contributed by atoms with E-state index in [2.05, 4.69) is 81.7 Å². The Morgan fingerprint density at radius 3 is 1.59 bits per heavy atom. The summed E-state index contributed by atoms with van der Waals surface area (Å²) in [4.78, 5) is 51.5. The predicted octanol–water partition coefficient (Wildman–Crippen LogP) is 11.6. The summed E-state index contributed by atoms with van der Waals surface area (Å²) in [6.45, 7) is 10.5. The molecule has 7 aromatic rings. The van der Waals surface area contributed by atoms with Gasteiger partial charge in [-0.25, -0.2) is 4.79 Å². The number of fused-ring (bicyclic) bond motifs is 4. The van der Waals surface area contributed by atoms with E-state index in [1.165, 1.54) is 63.9 Å². The number of aromatic nitrogens is 3. The number of ether oxygens (including phenoxy) is 1. The summed E-state index contributed by atoms with van der Waals surface area (Å²) in [5, 5.41) is 15.7. The van der Waals surface area contributed by atoms with Crippen molar-refractivity contribution in [2.75, 3.05) is 59.0 Å². The summed E-state index contributed by atoms with van der Waals surface area (Å²) < 4.78 is 6.84. The predicted molar refractivity (Wildman–Crippen MR) is 283 cm³/mol. The van der Waals surface area contributed by atoms with Crippen molar-refractivity contribution < 1.29 is 25.5 Å². The van der Waals surface area contributed by atoms with E-state index in [0.717, 1.165) is 69.1 Å². The number of carbonyl (C=O) groups is 3. The van der Waals surface area contributed by atoms with Crippen LogP contribution in [-0.4, -0.2) is 106 Å². The second kappa shape index (κ2) is 32.1. The number of hydrogen-bond acceptors (Lipinski definition) is 8. The number of likely N-dealkylation sites (tertiary alicyclic amines) is 2. The maximum Gasteiger partial charge on any atom is 0.418 e. The Morgan fingerprint density at radius 2 is 1.16 bits per heavy atom. The molecule has 0 radical (unpaired) electrons. The Hall–Kier alpha value is -6.64. The molecule has 68 heavy (non-hydrogen) atoms. The van der Waals surface area contributed by atoms with E-state index >= 15 is 0 Å². The third-order valence-corrected chi connectivity index (χ3v) is 9.96. The van der Waals surface area contributed by atoms with Gasteiger partial charge >= 0.3 is 6.09 Å². The van der Waals surface area contributed by atoms with Gasteiger partial charge in [0, 0.05) is 99.5 Å². The van der Waals surface area contributed by atoms with E-state index < -0.39 is 10.5 Å². The first kappa shape index (κ1) is 57.5. The van der Waals surface area contributed by atoms with Gasteiger partial charge in [0.25, 0.3) is 0 Å². The lowest BCUT2D eigenvalue weighted by atomic mass is 10.1. The summed E-state index contributed by atoms with van der Waals surface area (Å²) in [5.74, 6) is 1.33. The SMILES string of the molecule is CC(C)(C)OC(=O)n1ccc2ccccc21.CCCl.CN.CN1CCCCC1=O.CN1CCCCC1=O.C[N+](=O)[O-].[HH].c1ccc2[nH]ccc2c1.c1ccc2[nH]ccc2c1.c1ccc2c(c1)CCN2. The summed E-state index contributed by atoms with van der Waals surface area (Å²) in [5.41, 5.74) is 10.1. The number of amides is 2. The number of carbonyl (C=O) groups excluding carboxylic acids is 3. The standard InChI is InChI=1S/C13H15NO2.C8H9N.2C8H7N.2C6H11NO.C2H5Cl.CH3NO2.CH5N.H2/c1-13(2,3)16-12(15)14-9-8-10-6-4-5-7-11(10)14;3*1-2-4-8-7(3-1)5-6-9-8;2*1-7-5-3-2-4-6(7)8;1-2-3;1-2(3)4;1-2;/h4-9H,1-3H3;1-4,9H,5-6H2;2*1-6,9H;2*2-5H2,1H3;2H2,1H3;1H3;2H2,1H3;1H. The Balaban J connectivity index is 0.000000405. The van der Waals surface area contributed by atoms with Crippen LogP contribution in [0.2, 0.25) is 0 Å². The number of nitro groups is 1. The van der Waals surface area contributed by atoms with E-state index in [9.17, 15) is 14.4 Å². The minimum atomic E-state index is -0.500. The number of benzene rings is 4. The molecule has 3 aromatic heterocycles. The molecule has 14 nitrogen and oxygen atoms in total. The number of alkyl halides is 1. The molecule has 2 saturated heterocycles. The monoisotopic (exact) mass is 955 g/mol. The average Bonchev–Trinajstić information content (AvgIpc) is 4.17. The molecular formula is C53H75ClN8O6. The molecule has 3 aliphatic heterocycles. The summed E-state index contributed by atoms with van der Waals surface area (Å²) in [7, 11) is 6.11. The third kappa shape index (κ3) is 22.2. The number of hydrogen-bond donors (Lipinski definition) is 4. The zero-order chi connectivity index (χ0) is 50.3. The van der Waals surface area contributed by atoms with Crippen LogP contribution in [0.15, 0.2) is 134 Å². The molecule has 5 N–H and O–H groups in total. The minimum Gasteiger partial charge on any atom is -0.443 e. The molecule has 10 rings (SSSR count). The van der Waals surface area contributed by atoms with Crippen molar-refractivity contribution in [3.63, 3.8) is 0 Å². The fraction of sp³-hybridized carbons (Fsp3) is 0.377. The van der Waals surface area contributed by atoms with Crippen LogP contribution in [-0.2, 0) is 20.7 Å². The van der Waals surface area contributed by atoms with Gasteiger partial charge in [0.1, 0.15) is 5.60 Å². The van der Waals surface area contributed by atoms with Gasteiger partial charge in [0.2, 0.25) is 11.8 Å². The number of halogens is 1. The first-order valence-electron chi connectivity index (χ1n) is 23.0. The van der Waals surface area contributed by atoms with Gasteiger partial charge in [-0.1, -0.05) is 79.7 Å².